The molecule has 1 amide bonds. The molecular formula is C19H20Cl2N2O2. The van der Waals surface area contributed by atoms with E-state index in [9.17, 15) is 4.79 Å². The van der Waals surface area contributed by atoms with Gasteiger partial charge in [0.2, 0.25) is 0 Å². The summed E-state index contributed by atoms with van der Waals surface area (Å²) >= 11 is 12.3. The summed E-state index contributed by atoms with van der Waals surface area (Å²) in [6, 6.07) is 10.9. The third-order valence-electron chi connectivity index (χ3n) is 4.18. The van der Waals surface area contributed by atoms with Crippen molar-refractivity contribution in [1.82, 2.24) is 0 Å². The molecule has 1 aliphatic heterocycles. The second-order valence-corrected chi connectivity index (χ2v) is 6.92. The zero-order valence-electron chi connectivity index (χ0n) is 14.0. The zero-order valence-corrected chi connectivity index (χ0v) is 15.5. The molecular weight excluding hydrogens is 359 g/mol. The third-order valence-corrected chi connectivity index (χ3v) is 4.72. The summed E-state index contributed by atoms with van der Waals surface area (Å²) in [5.41, 5.74) is 2.49. The summed E-state index contributed by atoms with van der Waals surface area (Å²) in [7, 11) is 0. The van der Waals surface area contributed by atoms with Crippen LogP contribution in [0.5, 0.6) is 5.75 Å². The van der Waals surface area contributed by atoms with E-state index in [0.29, 0.717) is 15.8 Å². The van der Waals surface area contributed by atoms with Gasteiger partial charge in [-0.05, 0) is 55.7 Å². The van der Waals surface area contributed by atoms with Gasteiger partial charge in [0.05, 0.1) is 16.4 Å². The first-order valence-electron chi connectivity index (χ1n) is 8.27. The van der Waals surface area contributed by atoms with E-state index in [4.69, 9.17) is 27.9 Å². The van der Waals surface area contributed by atoms with Crippen LogP contribution in [-0.2, 0) is 4.79 Å². The van der Waals surface area contributed by atoms with Crippen LogP contribution < -0.4 is 15.0 Å². The number of hydrogen-bond donors (Lipinski definition) is 1. The minimum absolute atomic E-state index is 0.0750. The van der Waals surface area contributed by atoms with Gasteiger partial charge in [0, 0.05) is 18.1 Å². The molecule has 1 saturated heterocycles. The average Bonchev–Trinajstić information content (AvgIpc) is 3.08. The number of nitrogens with zero attached hydrogens (tertiary/aromatic N) is 1. The maximum Gasteiger partial charge on any atom is 0.262 e. The van der Waals surface area contributed by atoms with E-state index in [-0.39, 0.29) is 12.5 Å². The molecule has 0 aromatic heterocycles. The Labute approximate surface area is 157 Å². The summed E-state index contributed by atoms with van der Waals surface area (Å²) in [6.45, 7) is 3.72. The van der Waals surface area contributed by atoms with Crippen LogP contribution >= 0.6 is 23.2 Å². The molecule has 1 N–H and O–H groups in total. The number of carbonyl (C=O) groups is 1. The summed E-state index contributed by atoms with van der Waals surface area (Å²) in [5.74, 6) is 0.419. The lowest BCUT2D eigenvalue weighted by atomic mass is 10.2. The Balaban J connectivity index is 1.68. The lowest BCUT2D eigenvalue weighted by Gasteiger charge is -2.23. The normalized spacial score (nSPS) is 13.8. The molecule has 2 aromatic carbocycles. The van der Waals surface area contributed by atoms with Crippen molar-refractivity contribution in [2.24, 2.45) is 0 Å². The van der Waals surface area contributed by atoms with Crippen molar-refractivity contribution in [3.05, 3.63) is 52.0 Å². The van der Waals surface area contributed by atoms with Crippen LogP contribution in [0.25, 0.3) is 0 Å². The largest absolute Gasteiger partial charge is 0.483 e. The fraction of sp³-hybridized carbons (Fsp3) is 0.316. The van der Waals surface area contributed by atoms with Gasteiger partial charge in [0.15, 0.2) is 6.61 Å². The molecule has 25 heavy (non-hydrogen) atoms. The van der Waals surface area contributed by atoms with Crippen molar-refractivity contribution in [1.29, 1.82) is 0 Å². The fourth-order valence-electron chi connectivity index (χ4n) is 2.98. The van der Waals surface area contributed by atoms with Crippen LogP contribution in [-0.4, -0.2) is 25.6 Å². The Kier molecular flexibility index (Phi) is 5.71. The Morgan fingerprint density at radius 2 is 1.96 bits per heavy atom. The summed E-state index contributed by atoms with van der Waals surface area (Å²) < 4.78 is 5.60. The standard InChI is InChI=1S/C19H20Cl2N2O2/c1-13-11-14(20)7-8-17(13)25-12-18(24)22-16-6-4-5-15(21)19(16)23-9-2-3-10-23/h4-8,11H,2-3,9-10,12H2,1H3,(H,22,24). The van der Waals surface area contributed by atoms with Crippen LogP contribution in [0.1, 0.15) is 18.4 Å². The number of anilines is 2. The molecule has 2 aromatic rings. The van der Waals surface area contributed by atoms with Crippen LogP contribution in [0.4, 0.5) is 11.4 Å². The van der Waals surface area contributed by atoms with Crippen molar-refractivity contribution >= 4 is 40.5 Å². The number of rotatable bonds is 5. The molecule has 1 aliphatic rings. The highest BCUT2D eigenvalue weighted by atomic mass is 35.5. The van der Waals surface area contributed by atoms with Gasteiger partial charge in [-0.3, -0.25) is 4.79 Å². The molecule has 132 valence electrons. The van der Waals surface area contributed by atoms with Crippen LogP contribution in [0.3, 0.4) is 0 Å². The highest BCUT2D eigenvalue weighted by molar-refractivity contribution is 6.34. The first kappa shape index (κ1) is 17.9. The van der Waals surface area contributed by atoms with E-state index >= 15 is 0 Å². The SMILES string of the molecule is Cc1cc(Cl)ccc1OCC(=O)Nc1cccc(Cl)c1N1CCCC1. The molecule has 0 aliphatic carbocycles. The van der Waals surface area contributed by atoms with E-state index in [1.165, 1.54) is 0 Å². The second kappa shape index (κ2) is 7.98. The number of benzene rings is 2. The molecule has 0 radical (unpaired) electrons. The van der Waals surface area contributed by atoms with Crippen molar-refractivity contribution in [3.8, 4) is 5.75 Å². The predicted octanol–water partition coefficient (Wildman–Crippen LogP) is 4.92. The van der Waals surface area contributed by atoms with E-state index in [0.717, 1.165) is 42.9 Å². The molecule has 0 bridgehead atoms. The molecule has 1 heterocycles. The minimum atomic E-state index is -0.225. The zero-order chi connectivity index (χ0) is 17.8. The van der Waals surface area contributed by atoms with Gasteiger partial charge in [-0.1, -0.05) is 29.3 Å². The molecule has 0 saturated carbocycles. The predicted molar refractivity (Wildman–Crippen MR) is 103 cm³/mol. The lowest BCUT2D eigenvalue weighted by molar-refractivity contribution is -0.118. The van der Waals surface area contributed by atoms with E-state index in [2.05, 4.69) is 10.2 Å². The number of amides is 1. The molecule has 6 heteroatoms. The van der Waals surface area contributed by atoms with Gasteiger partial charge < -0.3 is 15.0 Å². The van der Waals surface area contributed by atoms with Crippen molar-refractivity contribution in [2.75, 3.05) is 29.9 Å². The quantitative estimate of drug-likeness (QED) is 0.802. The second-order valence-electron chi connectivity index (χ2n) is 6.08. The maximum atomic E-state index is 12.3. The Morgan fingerprint density at radius 1 is 1.20 bits per heavy atom. The van der Waals surface area contributed by atoms with E-state index in [1.54, 1.807) is 18.2 Å². The summed E-state index contributed by atoms with van der Waals surface area (Å²) in [5, 5.41) is 4.20. The molecule has 0 atom stereocenters. The molecule has 0 spiro atoms. The highest BCUT2D eigenvalue weighted by Crippen LogP contribution is 2.35. The van der Waals surface area contributed by atoms with Crippen molar-refractivity contribution in [3.63, 3.8) is 0 Å². The van der Waals surface area contributed by atoms with Gasteiger partial charge in [-0.25, -0.2) is 0 Å². The van der Waals surface area contributed by atoms with Crippen LogP contribution in [0.2, 0.25) is 10.0 Å². The number of carbonyl (C=O) groups excluding carboxylic acids is 1. The van der Waals surface area contributed by atoms with E-state index in [1.807, 2.05) is 25.1 Å². The van der Waals surface area contributed by atoms with Gasteiger partial charge in [0.25, 0.3) is 5.91 Å². The Bertz CT molecular complexity index is 774. The summed E-state index contributed by atoms with van der Waals surface area (Å²) in [6.07, 6.45) is 2.27. The Morgan fingerprint density at radius 3 is 2.68 bits per heavy atom. The highest BCUT2D eigenvalue weighted by Gasteiger charge is 2.19. The molecule has 1 fully saturated rings. The number of nitrogens with one attached hydrogen (secondary N) is 1. The molecule has 0 unspecified atom stereocenters. The number of halogens is 2. The number of hydrogen-bond acceptors (Lipinski definition) is 3. The van der Waals surface area contributed by atoms with Crippen LogP contribution in [0, 0.1) is 6.92 Å². The molecule has 3 rings (SSSR count). The van der Waals surface area contributed by atoms with E-state index < -0.39 is 0 Å². The Hall–Kier alpha value is -1.91. The van der Waals surface area contributed by atoms with Gasteiger partial charge in [-0.15, -0.1) is 0 Å². The van der Waals surface area contributed by atoms with Crippen molar-refractivity contribution in [2.45, 2.75) is 19.8 Å². The number of ether oxygens (including phenoxy) is 1. The summed E-state index contributed by atoms with van der Waals surface area (Å²) in [4.78, 5) is 14.5. The van der Waals surface area contributed by atoms with Gasteiger partial charge in [0.1, 0.15) is 5.75 Å². The topological polar surface area (TPSA) is 41.6 Å². The van der Waals surface area contributed by atoms with Gasteiger partial charge >= 0.3 is 0 Å². The van der Waals surface area contributed by atoms with Crippen LogP contribution in [0.15, 0.2) is 36.4 Å². The van der Waals surface area contributed by atoms with Gasteiger partial charge in [-0.2, -0.15) is 0 Å². The molecule has 4 nitrogen and oxygen atoms in total. The fourth-order valence-corrected chi connectivity index (χ4v) is 3.50. The maximum absolute atomic E-state index is 12.3. The third kappa shape index (κ3) is 4.39. The average molecular weight is 379 g/mol. The smallest absolute Gasteiger partial charge is 0.262 e. The first-order chi connectivity index (χ1) is 12.0. The minimum Gasteiger partial charge on any atom is -0.483 e. The monoisotopic (exact) mass is 378 g/mol. The lowest BCUT2D eigenvalue weighted by Crippen LogP contribution is -2.24. The number of aryl methyl sites for hydroxylation is 1. The number of para-hydroxylation sites is 1. The van der Waals surface area contributed by atoms with Crippen molar-refractivity contribution < 1.29 is 9.53 Å². The first-order valence-corrected chi connectivity index (χ1v) is 9.02.